The summed E-state index contributed by atoms with van der Waals surface area (Å²) in [7, 11) is 1.64. The molecule has 140 valence electrons. The Kier molecular flexibility index (Phi) is 5.66. The molecule has 0 radical (unpaired) electrons. The standard InChI is InChI=1S/C22H22ClNO3/c1-24(21(27)14-13-16-8-2-5-11-19(16)25)22(15-7-6-12-20(22)26)17-9-3-4-10-18(17)23/h2-5,8-11,13-14,25H,6-7,12,15H2,1H3/b14-13+/t22-/m0/s1. The molecule has 1 N–H and O–H groups in total. The SMILES string of the molecule is CN(C(=O)/C=C/c1ccccc1O)[C@]1(c2ccccc2Cl)CCCCC1=O. The average Bonchev–Trinajstić information content (AvgIpc) is 2.68. The van der Waals surface area contributed by atoms with Crippen LogP contribution in [0.4, 0.5) is 0 Å². The van der Waals surface area contributed by atoms with Crippen LogP contribution >= 0.6 is 11.6 Å². The van der Waals surface area contributed by atoms with E-state index in [1.165, 1.54) is 11.0 Å². The van der Waals surface area contributed by atoms with Gasteiger partial charge in [-0.2, -0.15) is 0 Å². The lowest BCUT2D eigenvalue weighted by atomic mass is 9.74. The van der Waals surface area contributed by atoms with Crippen molar-refractivity contribution in [1.82, 2.24) is 4.90 Å². The second-order valence-electron chi connectivity index (χ2n) is 6.76. The highest BCUT2D eigenvalue weighted by Gasteiger charge is 2.47. The van der Waals surface area contributed by atoms with Crippen molar-refractivity contribution in [2.75, 3.05) is 7.05 Å². The van der Waals surface area contributed by atoms with E-state index in [2.05, 4.69) is 0 Å². The number of ketones is 1. The molecular formula is C22H22ClNO3. The van der Waals surface area contributed by atoms with E-state index >= 15 is 0 Å². The summed E-state index contributed by atoms with van der Waals surface area (Å²) in [6.07, 6.45) is 5.57. The Hall–Kier alpha value is -2.59. The van der Waals surface area contributed by atoms with E-state index in [9.17, 15) is 14.7 Å². The van der Waals surface area contributed by atoms with Gasteiger partial charge in [0.25, 0.3) is 0 Å². The zero-order chi connectivity index (χ0) is 19.4. The Morgan fingerprint density at radius 2 is 1.85 bits per heavy atom. The van der Waals surface area contributed by atoms with Gasteiger partial charge in [-0.15, -0.1) is 0 Å². The Morgan fingerprint density at radius 3 is 2.56 bits per heavy atom. The number of phenolic OH excluding ortho intramolecular Hbond substituents is 1. The minimum Gasteiger partial charge on any atom is -0.507 e. The Labute approximate surface area is 164 Å². The molecule has 1 aliphatic rings. The quantitative estimate of drug-likeness (QED) is 0.787. The fourth-order valence-corrected chi connectivity index (χ4v) is 4.01. The van der Waals surface area contributed by atoms with Crippen LogP contribution in [0.25, 0.3) is 6.08 Å². The zero-order valence-corrected chi connectivity index (χ0v) is 15.9. The van der Waals surface area contributed by atoms with Gasteiger partial charge in [0.05, 0.1) is 0 Å². The van der Waals surface area contributed by atoms with Crippen LogP contribution in [0.2, 0.25) is 5.02 Å². The molecule has 0 spiro atoms. The van der Waals surface area contributed by atoms with Gasteiger partial charge in [-0.1, -0.05) is 48.0 Å². The van der Waals surface area contributed by atoms with Gasteiger partial charge >= 0.3 is 0 Å². The third kappa shape index (κ3) is 3.62. The summed E-state index contributed by atoms with van der Waals surface area (Å²) < 4.78 is 0. The molecule has 2 aromatic carbocycles. The predicted octanol–water partition coefficient (Wildman–Crippen LogP) is 4.56. The van der Waals surface area contributed by atoms with Gasteiger partial charge in [0, 0.05) is 35.7 Å². The van der Waals surface area contributed by atoms with E-state index in [0.29, 0.717) is 29.0 Å². The fraction of sp³-hybridized carbons (Fsp3) is 0.273. The van der Waals surface area contributed by atoms with E-state index in [4.69, 9.17) is 11.6 Å². The van der Waals surface area contributed by atoms with E-state index in [-0.39, 0.29) is 17.4 Å². The third-order valence-electron chi connectivity index (χ3n) is 5.22. The van der Waals surface area contributed by atoms with Crippen molar-refractivity contribution < 1.29 is 14.7 Å². The van der Waals surface area contributed by atoms with Crippen molar-refractivity contribution in [1.29, 1.82) is 0 Å². The van der Waals surface area contributed by atoms with Gasteiger partial charge < -0.3 is 10.0 Å². The highest BCUT2D eigenvalue weighted by Crippen LogP contribution is 2.42. The number of benzene rings is 2. The number of carbonyl (C=O) groups excluding carboxylic acids is 2. The lowest BCUT2D eigenvalue weighted by Gasteiger charge is -2.43. The monoisotopic (exact) mass is 383 g/mol. The maximum Gasteiger partial charge on any atom is 0.247 e. The maximum atomic E-state index is 13.0. The van der Waals surface area contributed by atoms with Gasteiger partial charge in [0.15, 0.2) is 5.78 Å². The van der Waals surface area contributed by atoms with Crippen LogP contribution in [0.15, 0.2) is 54.6 Å². The van der Waals surface area contributed by atoms with Gasteiger partial charge in [-0.3, -0.25) is 9.59 Å². The van der Waals surface area contributed by atoms with Gasteiger partial charge in [-0.25, -0.2) is 0 Å². The normalized spacial score (nSPS) is 20.0. The zero-order valence-electron chi connectivity index (χ0n) is 15.2. The molecule has 0 heterocycles. The summed E-state index contributed by atoms with van der Waals surface area (Å²) in [6.45, 7) is 0. The summed E-state index contributed by atoms with van der Waals surface area (Å²) in [5, 5.41) is 10.4. The summed E-state index contributed by atoms with van der Waals surface area (Å²) in [5.41, 5.74) is 0.153. The van der Waals surface area contributed by atoms with Gasteiger partial charge in [-0.05, 0) is 37.5 Å². The molecule has 1 saturated carbocycles. The number of hydrogen-bond acceptors (Lipinski definition) is 3. The Bertz CT molecular complexity index is 893. The van der Waals surface area contributed by atoms with Crippen LogP contribution in [0.3, 0.4) is 0 Å². The molecule has 27 heavy (non-hydrogen) atoms. The number of phenols is 1. The molecule has 3 rings (SSSR count). The Morgan fingerprint density at radius 1 is 1.15 bits per heavy atom. The van der Waals surface area contributed by atoms with Gasteiger partial charge in [0.1, 0.15) is 11.3 Å². The topological polar surface area (TPSA) is 57.6 Å². The first-order valence-corrected chi connectivity index (χ1v) is 9.37. The highest BCUT2D eigenvalue weighted by atomic mass is 35.5. The number of para-hydroxylation sites is 1. The molecule has 4 nitrogen and oxygen atoms in total. The van der Waals surface area contributed by atoms with Crippen molar-refractivity contribution in [3.63, 3.8) is 0 Å². The molecule has 0 bridgehead atoms. The molecule has 0 saturated heterocycles. The Balaban J connectivity index is 1.98. The molecular weight excluding hydrogens is 362 g/mol. The second kappa shape index (κ2) is 7.97. The number of likely N-dealkylation sites (N-methyl/N-ethyl adjacent to an activating group) is 1. The summed E-state index contributed by atoms with van der Waals surface area (Å²) in [6, 6.07) is 14.0. The van der Waals surface area contributed by atoms with Crippen LogP contribution in [-0.4, -0.2) is 28.7 Å². The number of amides is 1. The van der Waals surface area contributed by atoms with Crippen molar-refractivity contribution in [3.05, 3.63) is 70.8 Å². The number of rotatable bonds is 4. The minimum atomic E-state index is -1.06. The van der Waals surface area contributed by atoms with Gasteiger partial charge in [0.2, 0.25) is 5.91 Å². The van der Waals surface area contributed by atoms with E-state index < -0.39 is 5.54 Å². The van der Waals surface area contributed by atoms with E-state index in [1.54, 1.807) is 43.5 Å². The lowest BCUT2D eigenvalue weighted by molar-refractivity contribution is -0.144. The predicted molar refractivity (Wildman–Crippen MR) is 107 cm³/mol. The van der Waals surface area contributed by atoms with Crippen molar-refractivity contribution >= 4 is 29.4 Å². The number of carbonyl (C=O) groups is 2. The molecule has 1 amide bonds. The first-order chi connectivity index (χ1) is 13.0. The summed E-state index contributed by atoms with van der Waals surface area (Å²) in [5.74, 6) is -0.208. The lowest BCUT2D eigenvalue weighted by Crippen LogP contribution is -2.53. The largest absolute Gasteiger partial charge is 0.507 e. The number of halogens is 1. The molecule has 1 fully saturated rings. The van der Waals surface area contributed by atoms with E-state index in [0.717, 1.165) is 12.8 Å². The number of Topliss-reactive ketones (excluding diaryl/α,β-unsaturated/α-hetero) is 1. The molecule has 2 aromatic rings. The molecule has 0 unspecified atom stereocenters. The first kappa shape index (κ1) is 19.2. The van der Waals surface area contributed by atoms with Crippen LogP contribution < -0.4 is 0 Å². The molecule has 1 atom stereocenters. The van der Waals surface area contributed by atoms with Crippen molar-refractivity contribution in [3.8, 4) is 5.75 Å². The third-order valence-corrected chi connectivity index (χ3v) is 5.55. The number of nitrogens with zero attached hydrogens (tertiary/aromatic N) is 1. The fourth-order valence-electron chi connectivity index (χ4n) is 3.72. The molecule has 0 aromatic heterocycles. The summed E-state index contributed by atoms with van der Waals surface area (Å²) in [4.78, 5) is 27.4. The average molecular weight is 384 g/mol. The summed E-state index contributed by atoms with van der Waals surface area (Å²) >= 11 is 6.41. The highest BCUT2D eigenvalue weighted by molar-refractivity contribution is 6.31. The van der Waals surface area contributed by atoms with Crippen LogP contribution in [-0.2, 0) is 15.1 Å². The smallest absolute Gasteiger partial charge is 0.247 e. The maximum absolute atomic E-state index is 13.0. The second-order valence-corrected chi connectivity index (χ2v) is 7.17. The van der Waals surface area contributed by atoms with Crippen molar-refractivity contribution in [2.24, 2.45) is 0 Å². The first-order valence-electron chi connectivity index (χ1n) is 8.99. The van der Waals surface area contributed by atoms with Crippen LogP contribution in [0.5, 0.6) is 5.75 Å². The minimum absolute atomic E-state index is 0.00802. The van der Waals surface area contributed by atoms with Crippen LogP contribution in [0, 0.1) is 0 Å². The number of aromatic hydroxyl groups is 1. The molecule has 5 heteroatoms. The van der Waals surface area contributed by atoms with Crippen molar-refractivity contribution in [2.45, 2.75) is 31.2 Å². The number of hydrogen-bond donors (Lipinski definition) is 1. The van der Waals surface area contributed by atoms with Crippen LogP contribution in [0.1, 0.15) is 36.8 Å². The molecule has 0 aliphatic heterocycles. The molecule has 1 aliphatic carbocycles. The van der Waals surface area contributed by atoms with E-state index in [1.807, 2.05) is 18.2 Å².